The van der Waals surface area contributed by atoms with Gasteiger partial charge >= 0.3 is 6.03 Å². The molecule has 2 N–H and O–H groups in total. The fourth-order valence-electron chi connectivity index (χ4n) is 3.78. The molecule has 0 aliphatic carbocycles. The highest BCUT2D eigenvalue weighted by molar-refractivity contribution is 5.93. The summed E-state index contributed by atoms with van der Waals surface area (Å²) in [6, 6.07) is 13.1. The number of carbonyl (C=O) groups is 1. The molecular weight excluding hydrogens is 366 g/mol. The summed E-state index contributed by atoms with van der Waals surface area (Å²) in [5, 5.41) is 6.04. The number of hydrogen-bond acceptors (Lipinski definition) is 4. The van der Waals surface area contributed by atoms with Gasteiger partial charge in [0.25, 0.3) is 0 Å². The number of ether oxygens (including phenoxy) is 2. The summed E-state index contributed by atoms with van der Waals surface area (Å²) in [7, 11) is 3.24. The van der Waals surface area contributed by atoms with Crippen LogP contribution in [0.3, 0.4) is 0 Å². The molecule has 0 aromatic heterocycles. The van der Waals surface area contributed by atoms with Gasteiger partial charge < -0.3 is 25.0 Å². The molecule has 1 fully saturated rings. The van der Waals surface area contributed by atoms with E-state index in [1.807, 2.05) is 43.3 Å². The third-order valence-corrected chi connectivity index (χ3v) is 5.35. The Morgan fingerprint density at radius 1 is 1.00 bits per heavy atom. The van der Waals surface area contributed by atoms with Gasteiger partial charge in [0.2, 0.25) is 0 Å². The third kappa shape index (κ3) is 5.34. The first kappa shape index (κ1) is 20.8. The molecule has 0 saturated carbocycles. The molecule has 2 aromatic rings. The molecule has 0 radical (unpaired) electrons. The quantitative estimate of drug-likeness (QED) is 0.723. The molecule has 1 heterocycles. The second-order valence-corrected chi connectivity index (χ2v) is 7.35. The fourth-order valence-corrected chi connectivity index (χ4v) is 3.78. The Morgan fingerprint density at radius 2 is 1.72 bits per heavy atom. The molecule has 0 bridgehead atoms. The van der Waals surface area contributed by atoms with Crippen LogP contribution in [0.5, 0.6) is 11.5 Å². The van der Waals surface area contributed by atoms with E-state index in [2.05, 4.69) is 21.6 Å². The van der Waals surface area contributed by atoms with Crippen molar-refractivity contribution in [2.45, 2.75) is 38.6 Å². The molecular formula is C23H31N3O3. The Morgan fingerprint density at radius 3 is 2.41 bits per heavy atom. The molecule has 6 nitrogen and oxygen atoms in total. The van der Waals surface area contributed by atoms with Crippen LogP contribution >= 0.6 is 0 Å². The molecule has 1 aliphatic heterocycles. The van der Waals surface area contributed by atoms with Crippen LogP contribution in [-0.4, -0.2) is 33.3 Å². The molecule has 1 aliphatic rings. The first-order chi connectivity index (χ1) is 14.1. The Balaban J connectivity index is 1.71. The van der Waals surface area contributed by atoms with E-state index in [4.69, 9.17) is 9.47 Å². The molecule has 2 amide bonds. The number of rotatable bonds is 6. The number of amides is 2. The van der Waals surface area contributed by atoms with Crippen molar-refractivity contribution in [3.05, 3.63) is 48.0 Å². The number of urea groups is 1. The predicted molar refractivity (Wildman–Crippen MR) is 117 cm³/mol. The maximum Gasteiger partial charge on any atom is 0.319 e. The molecule has 1 unspecified atom stereocenters. The van der Waals surface area contributed by atoms with Gasteiger partial charge in [-0.1, -0.05) is 25.0 Å². The van der Waals surface area contributed by atoms with Crippen LogP contribution in [0.4, 0.5) is 16.2 Å². The van der Waals surface area contributed by atoms with Crippen molar-refractivity contribution in [1.82, 2.24) is 5.32 Å². The Hall–Kier alpha value is -2.89. The van der Waals surface area contributed by atoms with Crippen LogP contribution in [0, 0.1) is 0 Å². The van der Waals surface area contributed by atoms with Gasteiger partial charge in [0.1, 0.15) is 11.5 Å². The second-order valence-electron chi connectivity index (χ2n) is 7.35. The lowest BCUT2D eigenvalue weighted by atomic mass is 10.1. The van der Waals surface area contributed by atoms with Gasteiger partial charge in [0.15, 0.2) is 0 Å². The van der Waals surface area contributed by atoms with Crippen molar-refractivity contribution < 1.29 is 14.3 Å². The smallest absolute Gasteiger partial charge is 0.319 e. The van der Waals surface area contributed by atoms with Crippen LogP contribution in [-0.2, 0) is 0 Å². The molecule has 1 atom stereocenters. The van der Waals surface area contributed by atoms with Gasteiger partial charge in [-0.25, -0.2) is 4.79 Å². The highest BCUT2D eigenvalue weighted by Crippen LogP contribution is 2.30. The lowest BCUT2D eigenvalue weighted by Crippen LogP contribution is -2.32. The Bertz CT molecular complexity index is 817. The maximum atomic E-state index is 12.7. The van der Waals surface area contributed by atoms with E-state index in [0.717, 1.165) is 35.8 Å². The number of nitrogens with zero attached hydrogens (tertiary/aromatic N) is 1. The zero-order valence-corrected chi connectivity index (χ0v) is 17.5. The Labute approximate surface area is 173 Å². The molecule has 2 aromatic carbocycles. The summed E-state index contributed by atoms with van der Waals surface area (Å²) in [5.74, 6) is 1.44. The van der Waals surface area contributed by atoms with Gasteiger partial charge in [-0.05, 0) is 50.1 Å². The molecule has 1 saturated heterocycles. The fraction of sp³-hybridized carbons (Fsp3) is 0.435. The van der Waals surface area contributed by atoms with Crippen molar-refractivity contribution in [2.75, 3.05) is 37.5 Å². The van der Waals surface area contributed by atoms with E-state index in [9.17, 15) is 4.79 Å². The predicted octanol–water partition coefficient (Wildman–Crippen LogP) is 4.97. The SMILES string of the molecule is COc1ccc(OC)c(C(C)NC(=O)Nc2ccccc2N2CCCCCC2)c1. The van der Waals surface area contributed by atoms with E-state index in [0.29, 0.717) is 5.75 Å². The van der Waals surface area contributed by atoms with Crippen molar-refractivity contribution in [2.24, 2.45) is 0 Å². The first-order valence-corrected chi connectivity index (χ1v) is 10.3. The molecule has 29 heavy (non-hydrogen) atoms. The largest absolute Gasteiger partial charge is 0.497 e. The minimum Gasteiger partial charge on any atom is -0.497 e. The molecule has 0 spiro atoms. The average molecular weight is 398 g/mol. The lowest BCUT2D eigenvalue weighted by molar-refractivity contribution is 0.249. The number of hydrogen-bond donors (Lipinski definition) is 2. The summed E-state index contributed by atoms with van der Waals surface area (Å²) in [4.78, 5) is 15.1. The maximum absolute atomic E-state index is 12.7. The van der Waals surface area contributed by atoms with E-state index in [1.165, 1.54) is 25.7 Å². The first-order valence-electron chi connectivity index (χ1n) is 10.3. The topological polar surface area (TPSA) is 62.8 Å². The molecule has 156 valence electrons. The number of anilines is 2. The van der Waals surface area contributed by atoms with Crippen LogP contribution < -0.4 is 25.0 Å². The number of nitrogens with one attached hydrogen (secondary N) is 2. The van der Waals surface area contributed by atoms with Crippen LogP contribution in [0.1, 0.15) is 44.2 Å². The van der Waals surface area contributed by atoms with Crippen LogP contribution in [0.2, 0.25) is 0 Å². The van der Waals surface area contributed by atoms with Crippen LogP contribution in [0.15, 0.2) is 42.5 Å². The van der Waals surface area contributed by atoms with Gasteiger partial charge in [-0.15, -0.1) is 0 Å². The second kappa shape index (κ2) is 10.0. The van der Waals surface area contributed by atoms with Gasteiger partial charge in [-0.2, -0.15) is 0 Å². The van der Waals surface area contributed by atoms with E-state index < -0.39 is 0 Å². The zero-order chi connectivity index (χ0) is 20.6. The zero-order valence-electron chi connectivity index (χ0n) is 17.5. The van der Waals surface area contributed by atoms with Crippen molar-refractivity contribution in [3.63, 3.8) is 0 Å². The highest BCUT2D eigenvalue weighted by atomic mass is 16.5. The number of benzene rings is 2. The molecule has 6 heteroatoms. The Kier molecular flexibility index (Phi) is 7.22. The van der Waals surface area contributed by atoms with E-state index in [1.54, 1.807) is 14.2 Å². The monoisotopic (exact) mass is 397 g/mol. The minimum atomic E-state index is -0.246. The van der Waals surface area contributed by atoms with Crippen molar-refractivity contribution in [1.29, 1.82) is 0 Å². The summed E-state index contributed by atoms with van der Waals surface area (Å²) < 4.78 is 10.8. The van der Waals surface area contributed by atoms with Crippen molar-refractivity contribution in [3.8, 4) is 11.5 Å². The van der Waals surface area contributed by atoms with Crippen molar-refractivity contribution >= 4 is 17.4 Å². The standard InChI is InChI=1S/C23H31N3O3/c1-17(19-16-18(28-2)12-13-22(19)29-3)24-23(27)25-20-10-6-7-11-21(20)26-14-8-4-5-9-15-26/h6-7,10-13,16-17H,4-5,8-9,14-15H2,1-3H3,(H2,24,25,27). The van der Waals surface area contributed by atoms with E-state index in [-0.39, 0.29) is 12.1 Å². The van der Waals surface area contributed by atoms with Gasteiger partial charge in [0, 0.05) is 18.7 Å². The molecule has 3 rings (SSSR count). The number of carbonyl (C=O) groups excluding carboxylic acids is 1. The van der Waals surface area contributed by atoms with E-state index >= 15 is 0 Å². The summed E-state index contributed by atoms with van der Waals surface area (Å²) in [6.45, 7) is 3.98. The van der Waals surface area contributed by atoms with Gasteiger partial charge in [-0.3, -0.25) is 0 Å². The normalized spacial score (nSPS) is 15.2. The average Bonchev–Trinajstić information content (AvgIpc) is 3.03. The summed E-state index contributed by atoms with van der Waals surface area (Å²) >= 11 is 0. The van der Waals surface area contributed by atoms with Crippen LogP contribution in [0.25, 0.3) is 0 Å². The number of para-hydroxylation sites is 2. The highest BCUT2D eigenvalue weighted by Gasteiger charge is 2.18. The summed E-state index contributed by atoms with van der Waals surface area (Å²) in [6.07, 6.45) is 4.92. The third-order valence-electron chi connectivity index (χ3n) is 5.35. The minimum absolute atomic E-state index is 0.245. The lowest BCUT2D eigenvalue weighted by Gasteiger charge is -2.26. The summed E-state index contributed by atoms with van der Waals surface area (Å²) in [5.41, 5.74) is 2.77. The number of methoxy groups -OCH3 is 2. The van der Waals surface area contributed by atoms with Gasteiger partial charge in [0.05, 0.1) is 31.6 Å².